The van der Waals surface area contributed by atoms with Crippen LogP contribution in [0.5, 0.6) is 11.5 Å². The monoisotopic (exact) mass is 279 g/mol. The molecule has 0 spiro atoms. The number of nitrogens with one attached hydrogen (secondary N) is 1. The first-order valence-corrected chi connectivity index (χ1v) is 7.50. The second-order valence-electron chi connectivity index (χ2n) is 5.89. The Labute approximate surface area is 123 Å². The van der Waals surface area contributed by atoms with Gasteiger partial charge in [-0.1, -0.05) is 19.9 Å². The SMILES string of the molecule is CCc1ccc(OC(C)CNC(C)(C)CC)c(OC)c1. The van der Waals surface area contributed by atoms with Gasteiger partial charge in [0, 0.05) is 12.1 Å². The number of aryl methyl sites for hydroxylation is 1. The van der Waals surface area contributed by atoms with Crippen LogP contribution in [0.15, 0.2) is 18.2 Å². The average Bonchev–Trinajstić information content (AvgIpc) is 2.45. The summed E-state index contributed by atoms with van der Waals surface area (Å²) < 4.78 is 11.4. The van der Waals surface area contributed by atoms with Crippen molar-refractivity contribution in [2.75, 3.05) is 13.7 Å². The molecule has 0 saturated carbocycles. The Balaban J connectivity index is 2.63. The van der Waals surface area contributed by atoms with E-state index in [4.69, 9.17) is 9.47 Å². The molecule has 3 heteroatoms. The Morgan fingerprint density at radius 3 is 2.45 bits per heavy atom. The van der Waals surface area contributed by atoms with Gasteiger partial charge in [-0.3, -0.25) is 0 Å². The highest BCUT2D eigenvalue weighted by atomic mass is 16.5. The second-order valence-corrected chi connectivity index (χ2v) is 5.89. The Morgan fingerprint density at radius 1 is 1.20 bits per heavy atom. The molecule has 1 atom stereocenters. The third-order valence-electron chi connectivity index (χ3n) is 3.72. The molecule has 114 valence electrons. The lowest BCUT2D eigenvalue weighted by Gasteiger charge is -2.27. The van der Waals surface area contributed by atoms with Crippen LogP contribution >= 0.6 is 0 Å². The van der Waals surface area contributed by atoms with Crippen molar-refractivity contribution in [2.24, 2.45) is 0 Å². The first-order valence-electron chi connectivity index (χ1n) is 7.50. The summed E-state index contributed by atoms with van der Waals surface area (Å²) >= 11 is 0. The standard InChI is InChI=1S/C17H29NO2/c1-7-14-9-10-15(16(11-14)19-6)20-13(3)12-18-17(4,5)8-2/h9-11,13,18H,7-8,12H2,1-6H3. The summed E-state index contributed by atoms with van der Waals surface area (Å²) in [6, 6.07) is 6.14. The minimum Gasteiger partial charge on any atom is -0.493 e. The van der Waals surface area contributed by atoms with Crippen LogP contribution in [0.1, 0.15) is 46.6 Å². The molecule has 1 aromatic carbocycles. The van der Waals surface area contributed by atoms with Gasteiger partial charge in [0.25, 0.3) is 0 Å². The molecule has 0 aliphatic heterocycles. The Kier molecular flexibility index (Phi) is 6.34. The molecule has 0 fully saturated rings. The number of hydrogen-bond acceptors (Lipinski definition) is 3. The quantitative estimate of drug-likeness (QED) is 0.785. The molecule has 1 aromatic rings. The third kappa shape index (κ3) is 5.04. The van der Waals surface area contributed by atoms with Crippen molar-refractivity contribution < 1.29 is 9.47 Å². The maximum absolute atomic E-state index is 5.99. The van der Waals surface area contributed by atoms with Gasteiger partial charge in [-0.25, -0.2) is 0 Å². The molecule has 0 amide bonds. The van der Waals surface area contributed by atoms with Gasteiger partial charge in [0.15, 0.2) is 11.5 Å². The third-order valence-corrected chi connectivity index (χ3v) is 3.72. The lowest BCUT2D eigenvalue weighted by molar-refractivity contribution is 0.191. The smallest absolute Gasteiger partial charge is 0.161 e. The Hall–Kier alpha value is -1.22. The fourth-order valence-corrected chi connectivity index (χ4v) is 1.83. The van der Waals surface area contributed by atoms with E-state index >= 15 is 0 Å². The predicted molar refractivity (Wildman–Crippen MR) is 84.8 cm³/mol. The van der Waals surface area contributed by atoms with Gasteiger partial charge in [-0.2, -0.15) is 0 Å². The van der Waals surface area contributed by atoms with Gasteiger partial charge >= 0.3 is 0 Å². The fourth-order valence-electron chi connectivity index (χ4n) is 1.83. The van der Waals surface area contributed by atoms with Crippen LogP contribution in [0.3, 0.4) is 0 Å². The van der Waals surface area contributed by atoms with Crippen LogP contribution in [0.2, 0.25) is 0 Å². The lowest BCUT2D eigenvalue weighted by atomic mass is 10.0. The van der Waals surface area contributed by atoms with E-state index in [9.17, 15) is 0 Å². The van der Waals surface area contributed by atoms with Crippen molar-refractivity contribution >= 4 is 0 Å². The summed E-state index contributed by atoms with van der Waals surface area (Å²) in [6.45, 7) is 11.6. The zero-order valence-electron chi connectivity index (χ0n) is 13.7. The molecule has 1 rings (SSSR count). The second kappa shape index (κ2) is 7.53. The lowest BCUT2D eigenvalue weighted by Crippen LogP contribution is -2.43. The van der Waals surface area contributed by atoms with Crippen molar-refractivity contribution in [1.29, 1.82) is 0 Å². The molecule has 3 nitrogen and oxygen atoms in total. The maximum Gasteiger partial charge on any atom is 0.161 e. The summed E-state index contributed by atoms with van der Waals surface area (Å²) in [5.41, 5.74) is 1.40. The van der Waals surface area contributed by atoms with Gasteiger partial charge in [-0.05, 0) is 51.3 Å². The van der Waals surface area contributed by atoms with Crippen molar-refractivity contribution in [3.63, 3.8) is 0 Å². The Bertz CT molecular complexity index is 415. The topological polar surface area (TPSA) is 30.5 Å². The summed E-state index contributed by atoms with van der Waals surface area (Å²) in [5, 5.41) is 3.52. The van der Waals surface area contributed by atoms with Gasteiger partial charge in [-0.15, -0.1) is 0 Å². The first-order chi connectivity index (χ1) is 9.41. The molecule has 0 aliphatic carbocycles. The summed E-state index contributed by atoms with van der Waals surface area (Å²) in [6.07, 6.45) is 2.19. The number of ether oxygens (including phenoxy) is 2. The maximum atomic E-state index is 5.99. The normalized spacial score (nSPS) is 13.1. The van der Waals surface area contributed by atoms with Crippen LogP contribution in [0, 0.1) is 0 Å². The van der Waals surface area contributed by atoms with Crippen molar-refractivity contribution in [3.8, 4) is 11.5 Å². The van der Waals surface area contributed by atoms with Gasteiger partial charge in [0.1, 0.15) is 6.10 Å². The molecule has 0 saturated heterocycles. The van der Waals surface area contributed by atoms with Crippen molar-refractivity contribution in [1.82, 2.24) is 5.32 Å². The summed E-state index contributed by atoms with van der Waals surface area (Å²) in [5.74, 6) is 1.62. The largest absolute Gasteiger partial charge is 0.493 e. The fraction of sp³-hybridized carbons (Fsp3) is 0.647. The number of methoxy groups -OCH3 is 1. The Morgan fingerprint density at radius 2 is 1.90 bits per heavy atom. The first kappa shape index (κ1) is 16.8. The highest BCUT2D eigenvalue weighted by Crippen LogP contribution is 2.29. The highest BCUT2D eigenvalue weighted by molar-refractivity contribution is 5.43. The van der Waals surface area contributed by atoms with E-state index in [2.05, 4.69) is 46.0 Å². The van der Waals surface area contributed by atoms with Crippen LogP contribution in [0.4, 0.5) is 0 Å². The van der Waals surface area contributed by atoms with Gasteiger partial charge < -0.3 is 14.8 Å². The summed E-state index contributed by atoms with van der Waals surface area (Å²) in [7, 11) is 1.69. The summed E-state index contributed by atoms with van der Waals surface area (Å²) in [4.78, 5) is 0. The van der Waals surface area contributed by atoms with Crippen LogP contribution in [0.25, 0.3) is 0 Å². The van der Waals surface area contributed by atoms with E-state index < -0.39 is 0 Å². The molecule has 1 unspecified atom stereocenters. The zero-order chi connectivity index (χ0) is 15.2. The number of hydrogen-bond donors (Lipinski definition) is 1. The van der Waals surface area contributed by atoms with Crippen LogP contribution < -0.4 is 14.8 Å². The molecule has 0 heterocycles. The van der Waals surface area contributed by atoms with E-state index in [1.54, 1.807) is 7.11 Å². The molecule has 0 aromatic heterocycles. The minimum absolute atomic E-state index is 0.0993. The number of rotatable bonds is 8. The van der Waals surface area contributed by atoms with Crippen molar-refractivity contribution in [2.45, 2.75) is 59.1 Å². The van der Waals surface area contributed by atoms with E-state index in [0.29, 0.717) is 0 Å². The van der Waals surface area contributed by atoms with E-state index in [1.165, 1.54) is 5.56 Å². The van der Waals surface area contributed by atoms with Crippen LogP contribution in [-0.4, -0.2) is 25.3 Å². The van der Waals surface area contributed by atoms with E-state index in [0.717, 1.165) is 30.9 Å². The molecule has 0 aliphatic rings. The molecular formula is C17H29NO2. The van der Waals surface area contributed by atoms with E-state index in [-0.39, 0.29) is 11.6 Å². The minimum atomic E-state index is 0.0993. The molecule has 20 heavy (non-hydrogen) atoms. The average molecular weight is 279 g/mol. The van der Waals surface area contributed by atoms with Gasteiger partial charge in [0.05, 0.1) is 7.11 Å². The number of benzene rings is 1. The predicted octanol–water partition coefficient (Wildman–Crippen LogP) is 3.80. The van der Waals surface area contributed by atoms with Gasteiger partial charge in [0.2, 0.25) is 0 Å². The molecule has 0 bridgehead atoms. The molecule has 0 radical (unpaired) electrons. The highest BCUT2D eigenvalue weighted by Gasteiger charge is 2.16. The molecular weight excluding hydrogens is 250 g/mol. The van der Waals surface area contributed by atoms with Crippen LogP contribution in [-0.2, 0) is 6.42 Å². The van der Waals surface area contributed by atoms with Crippen molar-refractivity contribution in [3.05, 3.63) is 23.8 Å². The zero-order valence-corrected chi connectivity index (χ0v) is 13.7. The van der Waals surface area contributed by atoms with E-state index in [1.807, 2.05) is 12.1 Å². The molecule has 1 N–H and O–H groups in total.